The molecule has 0 fully saturated rings. The van der Waals surface area contributed by atoms with Gasteiger partial charge in [0.05, 0.1) is 6.61 Å². The second-order valence-corrected chi connectivity index (χ2v) is 6.37. The van der Waals surface area contributed by atoms with E-state index >= 15 is 0 Å². The second-order valence-electron chi connectivity index (χ2n) is 6.37. The number of amides is 1. The number of nitrogens with zero attached hydrogens (tertiary/aromatic N) is 1. The highest BCUT2D eigenvalue weighted by Gasteiger charge is 2.33. The Morgan fingerprint density at radius 3 is 2.63 bits per heavy atom. The van der Waals surface area contributed by atoms with Crippen LogP contribution in [-0.4, -0.2) is 36.0 Å². The number of carbonyl (C=O) groups excluding carboxylic acids is 2. The van der Waals surface area contributed by atoms with E-state index < -0.39 is 12.0 Å². The molecule has 3 rings (SSSR count). The zero-order chi connectivity index (χ0) is 19.1. The SMILES string of the molecule is CCOC(=O)C(C(=O)NCCc1ccccc1)N1C=Cc2ccccc2C1. The number of hydrogen-bond acceptors (Lipinski definition) is 4. The Hall–Kier alpha value is -3.08. The molecule has 1 amide bonds. The van der Waals surface area contributed by atoms with E-state index in [0.29, 0.717) is 19.5 Å². The van der Waals surface area contributed by atoms with Gasteiger partial charge in [0.1, 0.15) is 0 Å². The molecule has 1 atom stereocenters. The molecule has 1 N–H and O–H groups in total. The zero-order valence-corrected chi connectivity index (χ0v) is 15.4. The third-order valence-electron chi connectivity index (χ3n) is 4.50. The lowest BCUT2D eigenvalue weighted by molar-refractivity contribution is -0.153. The smallest absolute Gasteiger partial charge is 0.338 e. The van der Waals surface area contributed by atoms with Gasteiger partial charge in [-0.3, -0.25) is 4.79 Å². The summed E-state index contributed by atoms with van der Waals surface area (Å²) < 4.78 is 5.16. The van der Waals surface area contributed by atoms with Crippen LogP contribution in [0.5, 0.6) is 0 Å². The molecular weight excluding hydrogens is 340 g/mol. The zero-order valence-electron chi connectivity index (χ0n) is 15.4. The molecule has 5 heteroatoms. The fourth-order valence-corrected chi connectivity index (χ4v) is 3.13. The number of hydrogen-bond donors (Lipinski definition) is 1. The van der Waals surface area contributed by atoms with Crippen molar-refractivity contribution < 1.29 is 14.3 Å². The predicted octanol–water partition coefficient (Wildman–Crippen LogP) is 2.76. The quantitative estimate of drug-likeness (QED) is 0.606. The van der Waals surface area contributed by atoms with Crippen molar-refractivity contribution in [2.75, 3.05) is 13.2 Å². The van der Waals surface area contributed by atoms with Crippen LogP contribution in [0.3, 0.4) is 0 Å². The van der Waals surface area contributed by atoms with E-state index in [0.717, 1.165) is 16.7 Å². The minimum absolute atomic E-state index is 0.237. The Morgan fingerprint density at radius 1 is 1.11 bits per heavy atom. The molecule has 0 radical (unpaired) electrons. The third kappa shape index (κ3) is 4.76. The van der Waals surface area contributed by atoms with Crippen molar-refractivity contribution >= 4 is 18.0 Å². The third-order valence-corrected chi connectivity index (χ3v) is 4.50. The summed E-state index contributed by atoms with van der Waals surface area (Å²) in [7, 11) is 0. The molecule has 1 aliphatic rings. The van der Waals surface area contributed by atoms with Crippen molar-refractivity contribution in [3.8, 4) is 0 Å². The molecule has 0 saturated carbocycles. The summed E-state index contributed by atoms with van der Waals surface area (Å²) >= 11 is 0. The lowest BCUT2D eigenvalue weighted by atomic mass is 10.0. The number of carbonyl (C=O) groups is 2. The van der Waals surface area contributed by atoms with Crippen LogP contribution in [0.4, 0.5) is 0 Å². The summed E-state index contributed by atoms with van der Waals surface area (Å²) in [6.45, 7) is 2.93. The molecular formula is C22H24N2O3. The second kappa shape index (κ2) is 9.03. The van der Waals surface area contributed by atoms with Crippen molar-refractivity contribution in [2.45, 2.75) is 25.9 Å². The molecule has 0 aromatic heterocycles. The Balaban J connectivity index is 1.68. The van der Waals surface area contributed by atoms with Gasteiger partial charge >= 0.3 is 5.97 Å². The first-order chi connectivity index (χ1) is 13.2. The number of fused-ring (bicyclic) bond motifs is 1. The fraction of sp³-hybridized carbons (Fsp3) is 0.273. The van der Waals surface area contributed by atoms with E-state index in [2.05, 4.69) is 5.32 Å². The number of benzene rings is 2. The monoisotopic (exact) mass is 364 g/mol. The molecule has 1 unspecified atom stereocenters. The average Bonchev–Trinajstić information content (AvgIpc) is 2.69. The van der Waals surface area contributed by atoms with Crippen molar-refractivity contribution in [2.24, 2.45) is 0 Å². The van der Waals surface area contributed by atoms with Crippen molar-refractivity contribution in [1.82, 2.24) is 10.2 Å². The van der Waals surface area contributed by atoms with E-state index in [9.17, 15) is 9.59 Å². The van der Waals surface area contributed by atoms with Gasteiger partial charge in [0, 0.05) is 19.3 Å². The normalized spacial score (nSPS) is 13.6. The van der Waals surface area contributed by atoms with Crippen LogP contribution in [0.25, 0.3) is 6.08 Å². The van der Waals surface area contributed by atoms with E-state index in [1.165, 1.54) is 0 Å². The number of rotatable bonds is 7. The highest BCUT2D eigenvalue weighted by atomic mass is 16.5. The molecule has 2 aromatic rings. The maximum absolute atomic E-state index is 12.8. The Bertz CT molecular complexity index is 817. The topological polar surface area (TPSA) is 58.6 Å². The van der Waals surface area contributed by atoms with Gasteiger partial charge in [0.25, 0.3) is 5.91 Å². The van der Waals surface area contributed by atoms with Crippen LogP contribution in [0.2, 0.25) is 0 Å². The summed E-state index contributed by atoms with van der Waals surface area (Å²) in [6, 6.07) is 16.9. The summed E-state index contributed by atoms with van der Waals surface area (Å²) in [6.07, 6.45) is 4.42. The molecule has 0 bridgehead atoms. The molecule has 27 heavy (non-hydrogen) atoms. The molecule has 1 heterocycles. The maximum Gasteiger partial charge on any atom is 0.338 e. The number of nitrogens with one attached hydrogen (secondary N) is 1. The molecule has 0 saturated heterocycles. The molecule has 0 spiro atoms. The van der Waals surface area contributed by atoms with Crippen LogP contribution in [0.15, 0.2) is 60.8 Å². The molecule has 2 aromatic carbocycles. The minimum atomic E-state index is -0.995. The number of esters is 1. The highest BCUT2D eigenvalue weighted by Crippen LogP contribution is 2.21. The van der Waals surface area contributed by atoms with Gasteiger partial charge < -0.3 is 15.0 Å². The lowest BCUT2D eigenvalue weighted by Crippen LogP contribution is -2.50. The van der Waals surface area contributed by atoms with Crippen LogP contribution < -0.4 is 5.32 Å². The summed E-state index contributed by atoms with van der Waals surface area (Å²) in [5.74, 6) is -0.868. The van der Waals surface area contributed by atoms with E-state index in [4.69, 9.17) is 4.74 Å². The van der Waals surface area contributed by atoms with E-state index in [-0.39, 0.29) is 12.5 Å². The lowest BCUT2D eigenvalue weighted by Gasteiger charge is -2.31. The predicted molar refractivity (Wildman–Crippen MR) is 105 cm³/mol. The van der Waals surface area contributed by atoms with Gasteiger partial charge in [-0.25, -0.2) is 4.79 Å². The molecule has 5 nitrogen and oxygen atoms in total. The van der Waals surface area contributed by atoms with Crippen LogP contribution in [0.1, 0.15) is 23.6 Å². The van der Waals surface area contributed by atoms with Crippen LogP contribution >= 0.6 is 0 Å². The minimum Gasteiger partial charge on any atom is -0.464 e. The highest BCUT2D eigenvalue weighted by molar-refractivity contribution is 6.02. The summed E-state index contributed by atoms with van der Waals surface area (Å²) in [4.78, 5) is 27.0. The standard InChI is InChI=1S/C22H24N2O3/c1-2-27-22(26)20(21(25)23-14-12-17-8-4-3-5-9-17)24-15-13-18-10-6-7-11-19(18)16-24/h3-11,13,15,20H,2,12,14,16H2,1H3,(H,23,25). The molecule has 0 aliphatic carbocycles. The van der Waals surface area contributed by atoms with Crippen LogP contribution in [0, 0.1) is 0 Å². The van der Waals surface area contributed by atoms with E-state index in [1.54, 1.807) is 18.0 Å². The van der Waals surface area contributed by atoms with Gasteiger partial charge in [-0.15, -0.1) is 0 Å². The van der Waals surface area contributed by atoms with Crippen LogP contribution in [-0.2, 0) is 27.3 Å². The first kappa shape index (κ1) is 18.7. The van der Waals surface area contributed by atoms with E-state index in [1.807, 2.05) is 60.7 Å². The van der Waals surface area contributed by atoms with Crippen molar-refractivity contribution in [3.63, 3.8) is 0 Å². The summed E-state index contributed by atoms with van der Waals surface area (Å²) in [5.41, 5.74) is 3.31. The van der Waals surface area contributed by atoms with Gasteiger partial charge in [0.2, 0.25) is 6.04 Å². The largest absolute Gasteiger partial charge is 0.464 e. The Labute approximate surface area is 159 Å². The summed E-state index contributed by atoms with van der Waals surface area (Å²) in [5, 5.41) is 2.88. The van der Waals surface area contributed by atoms with Gasteiger partial charge in [0.15, 0.2) is 0 Å². The van der Waals surface area contributed by atoms with Gasteiger partial charge in [-0.1, -0.05) is 54.6 Å². The first-order valence-electron chi connectivity index (χ1n) is 9.19. The first-order valence-corrected chi connectivity index (χ1v) is 9.19. The van der Waals surface area contributed by atoms with Crippen molar-refractivity contribution in [1.29, 1.82) is 0 Å². The fourth-order valence-electron chi connectivity index (χ4n) is 3.13. The maximum atomic E-state index is 12.8. The average molecular weight is 364 g/mol. The molecule has 1 aliphatic heterocycles. The molecule has 140 valence electrons. The van der Waals surface area contributed by atoms with Gasteiger partial charge in [-0.2, -0.15) is 0 Å². The Kier molecular flexibility index (Phi) is 6.26. The van der Waals surface area contributed by atoms with Gasteiger partial charge in [-0.05, 0) is 36.1 Å². The Morgan fingerprint density at radius 2 is 1.85 bits per heavy atom. The number of ether oxygens (including phenoxy) is 1. The van der Waals surface area contributed by atoms with Crippen molar-refractivity contribution in [3.05, 3.63) is 77.5 Å².